The highest BCUT2D eigenvalue weighted by Crippen LogP contribution is 2.40. The minimum absolute atomic E-state index is 0.0297. The van der Waals surface area contributed by atoms with Gasteiger partial charge in [0.05, 0.1) is 0 Å². The molecule has 2 aliphatic carbocycles. The summed E-state index contributed by atoms with van der Waals surface area (Å²) < 4.78 is 24.4. The van der Waals surface area contributed by atoms with E-state index in [9.17, 15) is 4.79 Å². The summed E-state index contributed by atoms with van der Waals surface area (Å²) >= 11 is 0. The molecular formula is C15H26O. The van der Waals surface area contributed by atoms with Crippen molar-refractivity contribution in [2.45, 2.75) is 71.1 Å². The Balaban J connectivity index is 1.99. The van der Waals surface area contributed by atoms with Crippen LogP contribution in [0.4, 0.5) is 0 Å². The largest absolute Gasteiger partial charge is 0.300 e. The van der Waals surface area contributed by atoms with Crippen LogP contribution >= 0.6 is 0 Å². The van der Waals surface area contributed by atoms with Crippen LogP contribution in [0.5, 0.6) is 0 Å². The van der Waals surface area contributed by atoms with Gasteiger partial charge in [0.2, 0.25) is 0 Å². The van der Waals surface area contributed by atoms with Crippen molar-refractivity contribution in [1.29, 1.82) is 0 Å². The van der Waals surface area contributed by atoms with Crippen molar-refractivity contribution in [1.82, 2.24) is 0 Å². The summed E-state index contributed by atoms with van der Waals surface area (Å²) in [5.41, 5.74) is 0. The van der Waals surface area contributed by atoms with Gasteiger partial charge in [0.15, 0.2) is 0 Å². The number of hydrogen-bond donors (Lipinski definition) is 0. The van der Waals surface area contributed by atoms with Crippen molar-refractivity contribution in [3.8, 4) is 0 Å². The zero-order chi connectivity index (χ0) is 14.0. The van der Waals surface area contributed by atoms with Crippen LogP contribution in [0.3, 0.4) is 0 Å². The summed E-state index contributed by atoms with van der Waals surface area (Å²) in [6.45, 7) is 2.22. The van der Waals surface area contributed by atoms with Gasteiger partial charge >= 0.3 is 0 Å². The summed E-state index contributed by atoms with van der Waals surface area (Å²) in [5.74, 6) is 0.828. The van der Waals surface area contributed by atoms with Crippen LogP contribution < -0.4 is 0 Å². The van der Waals surface area contributed by atoms with Crippen LogP contribution in [0.2, 0.25) is 0 Å². The Morgan fingerprint density at radius 3 is 2.56 bits per heavy atom. The van der Waals surface area contributed by atoms with Crippen LogP contribution in [0.15, 0.2) is 0 Å². The number of carbonyl (C=O) groups is 1. The van der Waals surface area contributed by atoms with E-state index < -0.39 is 12.8 Å². The van der Waals surface area contributed by atoms with Gasteiger partial charge in [0.25, 0.3) is 0 Å². The van der Waals surface area contributed by atoms with Gasteiger partial charge in [-0.15, -0.1) is 0 Å². The molecular weight excluding hydrogens is 196 g/mol. The minimum Gasteiger partial charge on any atom is -0.300 e. The molecule has 0 aromatic heterocycles. The molecule has 92 valence electrons. The molecule has 0 saturated heterocycles. The van der Waals surface area contributed by atoms with E-state index in [1.54, 1.807) is 0 Å². The van der Waals surface area contributed by atoms with Crippen LogP contribution in [-0.4, -0.2) is 5.78 Å². The molecule has 2 fully saturated rings. The molecule has 0 radical (unpaired) electrons. The molecule has 0 unspecified atom stereocenters. The Hall–Kier alpha value is -0.330. The molecule has 2 rings (SSSR count). The van der Waals surface area contributed by atoms with Crippen LogP contribution in [0.1, 0.15) is 75.2 Å². The molecule has 0 bridgehead atoms. The molecule has 0 aliphatic heterocycles. The number of rotatable bonds is 3. The molecule has 0 aromatic carbocycles. The van der Waals surface area contributed by atoms with E-state index in [0.717, 1.165) is 18.8 Å². The molecule has 1 nitrogen and oxygen atoms in total. The topological polar surface area (TPSA) is 17.1 Å². The summed E-state index contributed by atoms with van der Waals surface area (Å²) in [7, 11) is 0. The van der Waals surface area contributed by atoms with Gasteiger partial charge in [-0.05, 0) is 43.4 Å². The smallest absolute Gasteiger partial charge is 0.132 e. The summed E-state index contributed by atoms with van der Waals surface area (Å²) in [4.78, 5) is 11.5. The van der Waals surface area contributed by atoms with Gasteiger partial charge in [0, 0.05) is 17.0 Å². The fourth-order valence-electron chi connectivity index (χ4n) is 3.25. The van der Waals surface area contributed by atoms with E-state index >= 15 is 0 Å². The molecule has 0 N–H and O–H groups in total. The van der Waals surface area contributed by atoms with E-state index in [1.165, 1.54) is 25.7 Å². The first kappa shape index (κ1) is 8.72. The maximum Gasteiger partial charge on any atom is 0.132 e. The Labute approximate surface area is 104 Å². The Bertz CT molecular complexity index is 321. The first-order valence-corrected chi connectivity index (χ1v) is 6.88. The number of ketones is 1. The fraction of sp³-hybridized carbons (Fsp3) is 0.933. The first-order chi connectivity index (χ1) is 8.94. The second-order valence-corrected chi connectivity index (χ2v) is 5.45. The zero-order valence-corrected chi connectivity index (χ0v) is 10.4. The standard InChI is InChI=1S/C15H26O/c1-2-3-12-4-6-13(7-5-12)14-8-10-15(16)11-9-14/h12-14H,2-11H2,1H3/i8D,9D2/t8-,12?,13?,14+/m0/s1. The summed E-state index contributed by atoms with van der Waals surface area (Å²) in [6, 6.07) is 0. The highest BCUT2D eigenvalue weighted by molar-refractivity contribution is 5.79. The fourth-order valence-corrected chi connectivity index (χ4v) is 3.25. The average molecular weight is 225 g/mol. The Morgan fingerprint density at radius 2 is 1.94 bits per heavy atom. The van der Waals surface area contributed by atoms with Crippen molar-refractivity contribution >= 4 is 5.78 Å². The van der Waals surface area contributed by atoms with Gasteiger partial charge in [-0.1, -0.05) is 32.6 Å². The molecule has 2 saturated carbocycles. The lowest BCUT2D eigenvalue weighted by atomic mass is 9.70. The third-order valence-electron chi connectivity index (χ3n) is 4.23. The molecule has 1 heteroatoms. The minimum atomic E-state index is -1.45. The maximum absolute atomic E-state index is 11.5. The normalized spacial score (nSPS) is 46.8. The Morgan fingerprint density at radius 1 is 1.19 bits per heavy atom. The van der Waals surface area contributed by atoms with E-state index in [1.807, 2.05) is 0 Å². The molecule has 0 spiro atoms. The monoisotopic (exact) mass is 225 g/mol. The number of carbonyl (C=O) groups excluding carboxylic acids is 1. The van der Waals surface area contributed by atoms with Crippen molar-refractivity contribution in [2.24, 2.45) is 17.8 Å². The van der Waals surface area contributed by atoms with Gasteiger partial charge in [-0.25, -0.2) is 0 Å². The van der Waals surface area contributed by atoms with Crippen molar-refractivity contribution in [3.63, 3.8) is 0 Å². The van der Waals surface area contributed by atoms with Gasteiger partial charge in [-0.3, -0.25) is 4.79 Å². The van der Waals surface area contributed by atoms with Crippen molar-refractivity contribution in [3.05, 3.63) is 0 Å². The zero-order valence-electron chi connectivity index (χ0n) is 13.4. The number of hydrogen-bond acceptors (Lipinski definition) is 1. The lowest BCUT2D eigenvalue weighted by molar-refractivity contribution is -0.121. The van der Waals surface area contributed by atoms with Crippen molar-refractivity contribution < 1.29 is 8.91 Å². The second-order valence-electron chi connectivity index (χ2n) is 5.45. The van der Waals surface area contributed by atoms with E-state index in [2.05, 4.69) is 6.92 Å². The van der Waals surface area contributed by atoms with Crippen LogP contribution in [0, 0.1) is 17.8 Å². The van der Waals surface area contributed by atoms with Crippen molar-refractivity contribution in [2.75, 3.05) is 0 Å². The summed E-state index contributed by atoms with van der Waals surface area (Å²) in [5, 5.41) is 0. The molecule has 2 atom stereocenters. The van der Waals surface area contributed by atoms with Gasteiger partial charge in [0.1, 0.15) is 5.78 Å². The SMILES string of the molecule is [2H][C@H]1CC(=O)CC([2H])([2H])[C@@H]1C1CCC(CCC)CC1. The quantitative estimate of drug-likeness (QED) is 0.698. The molecule has 0 amide bonds. The lowest BCUT2D eigenvalue weighted by Crippen LogP contribution is -2.25. The molecule has 0 aromatic rings. The van der Waals surface area contributed by atoms with E-state index in [0.29, 0.717) is 5.92 Å². The predicted molar refractivity (Wildman–Crippen MR) is 67.3 cm³/mol. The molecule has 16 heavy (non-hydrogen) atoms. The summed E-state index contributed by atoms with van der Waals surface area (Å²) in [6.07, 6.45) is 5.31. The molecule has 0 heterocycles. The van der Waals surface area contributed by atoms with E-state index in [4.69, 9.17) is 4.11 Å². The maximum atomic E-state index is 11.5. The second kappa shape index (κ2) is 5.84. The number of Topliss-reactive ketones (excluding diaryl/α,β-unsaturated/α-hetero) is 1. The van der Waals surface area contributed by atoms with Crippen LogP contribution in [0.25, 0.3) is 0 Å². The highest BCUT2D eigenvalue weighted by atomic mass is 16.1. The lowest BCUT2D eigenvalue weighted by Gasteiger charge is -2.35. The highest BCUT2D eigenvalue weighted by Gasteiger charge is 2.29. The van der Waals surface area contributed by atoms with Gasteiger partial charge < -0.3 is 0 Å². The third kappa shape index (κ3) is 3.09. The average Bonchev–Trinajstić information content (AvgIpc) is 2.29. The Kier molecular flexibility index (Phi) is 3.18. The third-order valence-corrected chi connectivity index (χ3v) is 4.23. The predicted octanol–water partition coefficient (Wildman–Crippen LogP) is 4.35. The van der Waals surface area contributed by atoms with Gasteiger partial charge in [-0.2, -0.15) is 0 Å². The molecule has 2 aliphatic rings. The first-order valence-electron chi connectivity index (χ1n) is 8.45. The van der Waals surface area contributed by atoms with E-state index in [-0.39, 0.29) is 24.5 Å². The van der Waals surface area contributed by atoms with Crippen LogP contribution in [-0.2, 0) is 4.79 Å².